The highest BCUT2D eigenvalue weighted by atomic mass is 32.1. The molecule has 2 aromatic carbocycles. The maximum Gasteiger partial charge on any atom is 0.238 e. The average molecular weight is 410 g/mol. The van der Waals surface area contributed by atoms with Crippen LogP contribution >= 0.6 is 11.3 Å². The minimum absolute atomic E-state index is 0.0202. The van der Waals surface area contributed by atoms with Gasteiger partial charge >= 0.3 is 0 Å². The van der Waals surface area contributed by atoms with Crippen molar-refractivity contribution in [1.29, 1.82) is 0 Å². The molecule has 0 aliphatic heterocycles. The van der Waals surface area contributed by atoms with Gasteiger partial charge in [-0.3, -0.25) is 9.69 Å². The molecule has 0 fully saturated rings. The summed E-state index contributed by atoms with van der Waals surface area (Å²) in [5.41, 5.74) is 6.30. The summed E-state index contributed by atoms with van der Waals surface area (Å²) in [5, 5.41) is 6.06. The minimum atomic E-state index is -0.0202. The predicted octanol–water partition coefficient (Wildman–Crippen LogP) is 4.81. The van der Waals surface area contributed by atoms with Gasteiger partial charge in [0.15, 0.2) is 0 Å². The van der Waals surface area contributed by atoms with E-state index in [1.807, 2.05) is 55.4 Å². The second-order valence-electron chi connectivity index (χ2n) is 7.37. The zero-order valence-corrected chi connectivity index (χ0v) is 18.4. The summed E-state index contributed by atoms with van der Waals surface area (Å²) in [6.07, 6.45) is 0. The molecule has 0 spiro atoms. The number of anilines is 1. The summed E-state index contributed by atoms with van der Waals surface area (Å²) in [5.74, 6) is 0.809. The Balaban J connectivity index is 1.59. The van der Waals surface area contributed by atoms with Crippen molar-refractivity contribution in [2.24, 2.45) is 0 Å². The fourth-order valence-corrected chi connectivity index (χ4v) is 4.20. The van der Waals surface area contributed by atoms with E-state index in [4.69, 9.17) is 9.72 Å². The first-order chi connectivity index (χ1) is 13.9. The normalized spacial score (nSPS) is 11.0. The Bertz CT molecular complexity index is 973. The zero-order valence-electron chi connectivity index (χ0n) is 17.6. The maximum atomic E-state index is 12.5. The molecular weight excluding hydrogens is 382 g/mol. The molecule has 0 atom stereocenters. The zero-order chi connectivity index (χ0) is 21.0. The van der Waals surface area contributed by atoms with Crippen LogP contribution in [0.4, 0.5) is 5.69 Å². The van der Waals surface area contributed by atoms with Crippen LogP contribution in [-0.4, -0.2) is 36.5 Å². The highest BCUT2D eigenvalue weighted by Gasteiger charge is 2.13. The number of benzene rings is 2. The van der Waals surface area contributed by atoms with Crippen molar-refractivity contribution < 1.29 is 9.53 Å². The molecule has 0 bridgehead atoms. The van der Waals surface area contributed by atoms with Crippen LogP contribution < -0.4 is 10.1 Å². The van der Waals surface area contributed by atoms with Crippen molar-refractivity contribution in [2.75, 3.05) is 26.0 Å². The number of hydrogen-bond donors (Lipinski definition) is 1. The van der Waals surface area contributed by atoms with Gasteiger partial charge in [0.25, 0.3) is 0 Å². The van der Waals surface area contributed by atoms with Gasteiger partial charge in [-0.25, -0.2) is 4.98 Å². The van der Waals surface area contributed by atoms with Gasteiger partial charge in [-0.15, -0.1) is 11.3 Å². The second-order valence-corrected chi connectivity index (χ2v) is 8.22. The number of hydrogen-bond acceptors (Lipinski definition) is 5. The third-order valence-corrected chi connectivity index (χ3v) is 5.62. The molecule has 29 heavy (non-hydrogen) atoms. The number of rotatable bonds is 7. The molecule has 3 rings (SSSR count). The third-order valence-electron chi connectivity index (χ3n) is 4.68. The fraction of sp³-hybridized carbons (Fsp3) is 0.304. The Kier molecular flexibility index (Phi) is 6.67. The number of aryl methyl sites for hydroxylation is 3. The van der Waals surface area contributed by atoms with Gasteiger partial charge in [0.05, 0.1) is 19.3 Å². The topological polar surface area (TPSA) is 54.5 Å². The van der Waals surface area contributed by atoms with Crippen LogP contribution in [0.25, 0.3) is 10.6 Å². The lowest BCUT2D eigenvalue weighted by atomic mass is 10.1. The fourth-order valence-electron chi connectivity index (χ4n) is 3.38. The van der Waals surface area contributed by atoms with Crippen molar-refractivity contribution >= 4 is 22.9 Å². The van der Waals surface area contributed by atoms with E-state index in [1.165, 1.54) is 5.56 Å². The molecule has 0 aliphatic carbocycles. The third kappa shape index (κ3) is 5.43. The van der Waals surface area contributed by atoms with E-state index in [-0.39, 0.29) is 5.91 Å². The first kappa shape index (κ1) is 21.0. The van der Waals surface area contributed by atoms with E-state index in [1.54, 1.807) is 18.4 Å². The van der Waals surface area contributed by atoms with Crippen LogP contribution in [-0.2, 0) is 11.3 Å². The molecule has 1 N–H and O–H groups in total. The summed E-state index contributed by atoms with van der Waals surface area (Å²) >= 11 is 1.61. The van der Waals surface area contributed by atoms with Crippen molar-refractivity contribution in [3.8, 4) is 16.3 Å². The SMILES string of the molecule is COc1ccc(-c2nc(CN(C)CC(=O)Nc3c(C)cc(C)cc3C)cs2)cc1. The Morgan fingerprint density at radius 2 is 1.79 bits per heavy atom. The Morgan fingerprint density at radius 3 is 2.41 bits per heavy atom. The van der Waals surface area contributed by atoms with E-state index < -0.39 is 0 Å². The molecule has 0 aliphatic rings. The number of aromatic nitrogens is 1. The number of likely N-dealkylation sites (N-methyl/N-ethyl adjacent to an activating group) is 1. The highest BCUT2D eigenvalue weighted by molar-refractivity contribution is 7.13. The van der Waals surface area contributed by atoms with Crippen LogP contribution in [0.2, 0.25) is 0 Å². The lowest BCUT2D eigenvalue weighted by Crippen LogP contribution is -2.30. The first-order valence-corrected chi connectivity index (χ1v) is 10.4. The average Bonchev–Trinajstić information content (AvgIpc) is 3.13. The van der Waals surface area contributed by atoms with Crippen molar-refractivity contribution in [3.63, 3.8) is 0 Å². The van der Waals surface area contributed by atoms with Gasteiger partial charge in [0.2, 0.25) is 5.91 Å². The smallest absolute Gasteiger partial charge is 0.238 e. The van der Waals surface area contributed by atoms with Gasteiger partial charge in [-0.05, 0) is 63.2 Å². The Hall–Kier alpha value is -2.70. The van der Waals surface area contributed by atoms with E-state index in [9.17, 15) is 4.79 Å². The number of methoxy groups -OCH3 is 1. The molecule has 0 saturated carbocycles. The number of ether oxygens (including phenoxy) is 1. The molecule has 1 heterocycles. The molecular formula is C23H27N3O2S. The maximum absolute atomic E-state index is 12.5. The molecule has 0 radical (unpaired) electrons. The van der Waals surface area contributed by atoms with Crippen LogP contribution in [0, 0.1) is 20.8 Å². The predicted molar refractivity (Wildman–Crippen MR) is 120 cm³/mol. The summed E-state index contributed by atoms with van der Waals surface area (Å²) in [4.78, 5) is 19.2. The molecule has 5 nitrogen and oxygen atoms in total. The van der Waals surface area contributed by atoms with Crippen molar-refractivity contribution in [2.45, 2.75) is 27.3 Å². The summed E-state index contributed by atoms with van der Waals surface area (Å²) in [6, 6.07) is 12.0. The number of nitrogens with zero attached hydrogens (tertiary/aromatic N) is 2. The van der Waals surface area contributed by atoms with Crippen LogP contribution in [0.15, 0.2) is 41.8 Å². The van der Waals surface area contributed by atoms with Crippen LogP contribution in [0.3, 0.4) is 0 Å². The van der Waals surface area contributed by atoms with Gasteiger partial charge in [-0.1, -0.05) is 17.7 Å². The molecule has 1 amide bonds. The second kappa shape index (κ2) is 9.20. The van der Waals surface area contributed by atoms with Crippen LogP contribution in [0.1, 0.15) is 22.4 Å². The van der Waals surface area contributed by atoms with Gasteiger partial charge in [0.1, 0.15) is 10.8 Å². The largest absolute Gasteiger partial charge is 0.497 e. The molecule has 152 valence electrons. The number of carbonyl (C=O) groups excluding carboxylic acids is 1. The van der Waals surface area contributed by atoms with E-state index in [0.717, 1.165) is 38.8 Å². The minimum Gasteiger partial charge on any atom is -0.497 e. The Morgan fingerprint density at radius 1 is 1.14 bits per heavy atom. The van der Waals surface area contributed by atoms with E-state index in [2.05, 4.69) is 24.4 Å². The number of nitrogens with one attached hydrogen (secondary N) is 1. The van der Waals surface area contributed by atoms with Gasteiger partial charge in [-0.2, -0.15) is 0 Å². The van der Waals surface area contributed by atoms with E-state index in [0.29, 0.717) is 13.1 Å². The Labute approximate surface area is 176 Å². The first-order valence-electron chi connectivity index (χ1n) is 9.51. The number of thiazole rings is 1. The van der Waals surface area contributed by atoms with Crippen LogP contribution in [0.5, 0.6) is 5.75 Å². The lowest BCUT2D eigenvalue weighted by Gasteiger charge is -2.17. The highest BCUT2D eigenvalue weighted by Crippen LogP contribution is 2.26. The van der Waals surface area contributed by atoms with E-state index >= 15 is 0 Å². The monoisotopic (exact) mass is 409 g/mol. The molecule has 6 heteroatoms. The summed E-state index contributed by atoms with van der Waals surface area (Å²) < 4.78 is 5.20. The van der Waals surface area contributed by atoms with Gasteiger partial charge in [0, 0.05) is 23.2 Å². The molecule has 3 aromatic rings. The van der Waals surface area contributed by atoms with Crippen molar-refractivity contribution in [1.82, 2.24) is 9.88 Å². The quantitative estimate of drug-likeness (QED) is 0.608. The molecule has 0 unspecified atom stereocenters. The van der Waals surface area contributed by atoms with Crippen molar-refractivity contribution in [3.05, 3.63) is 64.2 Å². The lowest BCUT2D eigenvalue weighted by molar-refractivity contribution is -0.117. The molecule has 1 aromatic heterocycles. The number of carbonyl (C=O) groups is 1. The standard InChI is InChI=1S/C23H27N3O2S/c1-15-10-16(2)22(17(3)11-15)25-21(27)13-26(4)12-19-14-29-23(24-19)18-6-8-20(28-5)9-7-18/h6-11,14H,12-13H2,1-5H3,(H,25,27). The summed E-state index contributed by atoms with van der Waals surface area (Å²) in [7, 11) is 3.59. The summed E-state index contributed by atoms with van der Waals surface area (Å²) in [6.45, 7) is 7.03. The molecule has 0 saturated heterocycles. The number of amides is 1. The van der Waals surface area contributed by atoms with Gasteiger partial charge < -0.3 is 10.1 Å².